The molecule has 5 N–H and O–H groups in total. The number of allylic oxidation sites excluding steroid dienone is 8. The van der Waals surface area contributed by atoms with E-state index in [1.807, 2.05) is 32.2 Å². The first-order valence-corrected chi connectivity index (χ1v) is 16.7. The predicted octanol–water partition coefficient (Wildman–Crippen LogP) is 6.51. The van der Waals surface area contributed by atoms with Crippen molar-refractivity contribution in [2.45, 2.75) is 129 Å². The van der Waals surface area contributed by atoms with Crippen LogP contribution in [0.4, 0.5) is 0 Å². The average Bonchev–Trinajstić information content (AvgIpc) is 3.31. The first-order chi connectivity index (χ1) is 20.5. The van der Waals surface area contributed by atoms with Gasteiger partial charge in [0.25, 0.3) is 0 Å². The highest BCUT2D eigenvalue weighted by Gasteiger charge is 2.65. The fourth-order valence-electron chi connectivity index (χ4n) is 7.81. The highest BCUT2D eigenvalue weighted by atomic mass is 16.3. The Hall–Kier alpha value is -1.83. The Balaban J connectivity index is 2.58. The molecule has 0 saturated heterocycles. The summed E-state index contributed by atoms with van der Waals surface area (Å²) in [6.45, 7) is 13.0. The van der Waals surface area contributed by atoms with Crippen molar-refractivity contribution in [3.63, 3.8) is 0 Å². The van der Waals surface area contributed by atoms with Gasteiger partial charge in [-0.2, -0.15) is 0 Å². The monoisotopic (exact) mass is 599 g/mol. The van der Waals surface area contributed by atoms with Gasteiger partial charge >= 0.3 is 0 Å². The van der Waals surface area contributed by atoms with Crippen LogP contribution in [0.2, 0.25) is 0 Å². The number of hydrogen-bond acceptors (Lipinski definition) is 6. The second-order valence-electron chi connectivity index (χ2n) is 13.3. The van der Waals surface area contributed by atoms with Crippen molar-refractivity contribution < 1.29 is 25.2 Å². The average molecular weight is 600 g/mol. The molecule has 2 aliphatic carbocycles. The Morgan fingerprint density at radius 3 is 2.56 bits per heavy atom. The van der Waals surface area contributed by atoms with E-state index in [4.69, 9.17) is 0 Å². The van der Waals surface area contributed by atoms with Gasteiger partial charge in [0.2, 0.25) is 0 Å². The molecule has 6 atom stereocenters. The van der Waals surface area contributed by atoms with E-state index in [2.05, 4.69) is 38.7 Å². The second-order valence-corrected chi connectivity index (χ2v) is 13.3. The second kappa shape index (κ2) is 18.2. The van der Waals surface area contributed by atoms with Gasteiger partial charge in [-0.15, -0.1) is 0 Å². The van der Waals surface area contributed by atoms with E-state index < -0.39 is 23.2 Å². The number of aldehydes is 1. The molecule has 2 fully saturated rings. The molecule has 2 aliphatic rings. The normalized spacial score (nSPS) is 29.7. The van der Waals surface area contributed by atoms with Gasteiger partial charge in [-0.1, -0.05) is 73.8 Å². The summed E-state index contributed by atoms with van der Waals surface area (Å²) in [4.78, 5) is 12.0. The maximum Gasteiger partial charge on any atom is 0.145 e. The van der Waals surface area contributed by atoms with Gasteiger partial charge in [-0.3, -0.25) is 4.79 Å². The molecule has 1 spiro atoms. The minimum atomic E-state index is -1.15. The van der Waals surface area contributed by atoms with E-state index in [-0.39, 0.29) is 18.4 Å². The molecule has 0 aromatic heterocycles. The molecule has 0 amide bonds. The molecule has 0 radical (unpaired) electrons. The first-order valence-electron chi connectivity index (χ1n) is 16.7. The van der Waals surface area contributed by atoms with E-state index in [0.29, 0.717) is 63.5 Å². The summed E-state index contributed by atoms with van der Waals surface area (Å²) in [6, 6.07) is 0. The van der Waals surface area contributed by atoms with Crippen LogP contribution in [0.3, 0.4) is 0 Å². The first kappa shape index (κ1) is 37.4. The topological polar surface area (TPSA) is 110 Å². The molecule has 6 nitrogen and oxygen atoms in total. The Morgan fingerprint density at radius 1 is 1.19 bits per heavy atom. The van der Waals surface area contributed by atoms with Crippen LogP contribution in [0.5, 0.6) is 0 Å². The zero-order valence-electron chi connectivity index (χ0n) is 27.7. The quantitative estimate of drug-likeness (QED) is 0.0404. The Bertz CT molecular complexity index is 1020. The fraction of sp³-hybridized carbons (Fsp3) is 0.703. The molecule has 2 rings (SSSR count). The summed E-state index contributed by atoms with van der Waals surface area (Å²) in [5.41, 5.74) is 2.74. The van der Waals surface area contributed by atoms with E-state index in [9.17, 15) is 25.2 Å². The molecular weight excluding hydrogens is 538 g/mol. The van der Waals surface area contributed by atoms with Crippen LogP contribution in [0.15, 0.2) is 58.7 Å². The van der Waals surface area contributed by atoms with Gasteiger partial charge in [-0.05, 0) is 116 Å². The summed E-state index contributed by atoms with van der Waals surface area (Å²) >= 11 is 0. The molecule has 0 aliphatic heterocycles. The Labute approximate surface area is 261 Å². The van der Waals surface area contributed by atoms with E-state index >= 15 is 0 Å². The van der Waals surface area contributed by atoms with Crippen LogP contribution < -0.4 is 5.32 Å². The lowest BCUT2D eigenvalue weighted by atomic mass is 9.51. The lowest BCUT2D eigenvalue weighted by Crippen LogP contribution is -2.61. The minimum absolute atomic E-state index is 0.0120. The molecule has 0 unspecified atom stereocenters. The van der Waals surface area contributed by atoms with Crippen LogP contribution >= 0.6 is 0 Å². The highest BCUT2D eigenvalue weighted by molar-refractivity contribution is 5.74. The number of carbonyl (C=O) groups excluding carboxylic acids is 1. The number of nitrogens with one attached hydrogen (secondary N) is 1. The van der Waals surface area contributed by atoms with Crippen molar-refractivity contribution in [1.29, 1.82) is 0 Å². The van der Waals surface area contributed by atoms with Crippen molar-refractivity contribution in [3.05, 3.63) is 58.7 Å². The lowest BCUT2D eigenvalue weighted by Gasteiger charge is -2.57. The molecule has 0 heterocycles. The van der Waals surface area contributed by atoms with E-state index in [0.717, 1.165) is 55.1 Å². The standard InChI is InChI=1S/C37H61NO5/c1-7-8-9-18-34(41)31(16-11-15-28(4)14-10-13-27(2)3)32-20-22-37(35(32)42)33(17-12-25-39)30(29(5)26-40)19-21-36(37,43)23-24-38-6/h11,13,15-16,26,32-35,38-39,41-43H,4,7-10,12,14,17-25H2,1-3,5-6H3/b15-11-,30-29-,31-16+/t32-,33-,34+,35+,36-,37+/m0/s1. The van der Waals surface area contributed by atoms with E-state index in [1.54, 1.807) is 0 Å². The lowest BCUT2D eigenvalue weighted by molar-refractivity contribution is -0.181. The van der Waals surface area contributed by atoms with Gasteiger partial charge in [0, 0.05) is 17.9 Å². The predicted molar refractivity (Wildman–Crippen MR) is 178 cm³/mol. The van der Waals surface area contributed by atoms with Crippen molar-refractivity contribution in [3.8, 4) is 0 Å². The molecule has 6 heteroatoms. The highest BCUT2D eigenvalue weighted by Crippen LogP contribution is 2.64. The van der Waals surface area contributed by atoms with Crippen LogP contribution in [0, 0.1) is 17.3 Å². The van der Waals surface area contributed by atoms with Crippen molar-refractivity contribution in [1.82, 2.24) is 5.32 Å². The van der Waals surface area contributed by atoms with Crippen LogP contribution in [-0.4, -0.2) is 64.7 Å². The molecule has 244 valence electrons. The van der Waals surface area contributed by atoms with E-state index in [1.165, 1.54) is 5.57 Å². The maximum atomic E-state index is 12.5. The largest absolute Gasteiger partial charge is 0.396 e. The number of unbranched alkanes of at least 4 members (excludes halogenated alkanes) is 2. The smallest absolute Gasteiger partial charge is 0.145 e. The molecule has 43 heavy (non-hydrogen) atoms. The Morgan fingerprint density at radius 2 is 1.93 bits per heavy atom. The molecule has 0 bridgehead atoms. The number of carbonyl (C=O) groups is 1. The van der Waals surface area contributed by atoms with Gasteiger partial charge in [0.05, 0.1) is 17.8 Å². The summed E-state index contributed by atoms with van der Waals surface area (Å²) in [5.74, 6) is -0.557. The van der Waals surface area contributed by atoms with Gasteiger partial charge < -0.3 is 25.7 Å². The van der Waals surface area contributed by atoms with Crippen molar-refractivity contribution in [2.75, 3.05) is 20.2 Å². The molecule has 2 saturated carbocycles. The van der Waals surface area contributed by atoms with Gasteiger partial charge in [-0.25, -0.2) is 0 Å². The molecular formula is C37H61NO5. The fourth-order valence-corrected chi connectivity index (χ4v) is 7.81. The molecule has 0 aromatic carbocycles. The van der Waals surface area contributed by atoms with Gasteiger partial charge in [0.1, 0.15) is 6.29 Å². The zero-order chi connectivity index (χ0) is 32.0. The third-order valence-corrected chi connectivity index (χ3v) is 10.2. The minimum Gasteiger partial charge on any atom is -0.396 e. The summed E-state index contributed by atoms with van der Waals surface area (Å²) in [7, 11) is 1.87. The third-order valence-electron chi connectivity index (χ3n) is 10.2. The zero-order valence-corrected chi connectivity index (χ0v) is 27.7. The Kier molecular flexibility index (Phi) is 15.8. The summed E-state index contributed by atoms with van der Waals surface area (Å²) < 4.78 is 0. The number of hydrogen-bond donors (Lipinski definition) is 5. The number of rotatable bonds is 18. The summed E-state index contributed by atoms with van der Waals surface area (Å²) in [5, 5.41) is 49.4. The third kappa shape index (κ3) is 9.34. The van der Waals surface area contributed by atoms with Gasteiger partial charge in [0.15, 0.2) is 0 Å². The molecule has 0 aromatic rings. The number of aliphatic hydroxyl groups is 4. The van der Waals surface area contributed by atoms with Crippen LogP contribution in [0.25, 0.3) is 0 Å². The van der Waals surface area contributed by atoms with Crippen molar-refractivity contribution >= 4 is 6.29 Å². The SMILES string of the molecule is C=C(/C=C\C=C(\[C@H](O)CCCCC)[C@@H]1CC[C@]2([C@@H]1O)[C@@H](CCCO)/C(=C(/C)C=O)CC[C@]2(O)CCNC)CCC=C(C)C. The van der Waals surface area contributed by atoms with Crippen LogP contribution in [-0.2, 0) is 4.79 Å². The summed E-state index contributed by atoms with van der Waals surface area (Å²) in [6.07, 6.45) is 16.7. The van der Waals surface area contributed by atoms with Crippen LogP contribution in [0.1, 0.15) is 111 Å². The van der Waals surface area contributed by atoms with Crippen molar-refractivity contribution in [2.24, 2.45) is 17.3 Å². The maximum absolute atomic E-state index is 12.5. The number of aliphatic hydroxyl groups excluding tert-OH is 3.